The lowest BCUT2D eigenvalue weighted by atomic mass is 10.1. The number of nitrogens with zero attached hydrogens (tertiary/aromatic N) is 2. The van der Waals surface area contributed by atoms with E-state index >= 15 is 0 Å². The zero-order chi connectivity index (χ0) is 18.4. The van der Waals surface area contributed by atoms with Gasteiger partial charge in [-0.2, -0.15) is 0 Å². The van der Waals surface area contributed by atoms with Gasteiger partial charge in [-0.15, -0.1) is 0 Å². The maximum absolute atomic E-state index is 12.3. The summed E-state index contributed by atoms with van der Waals surface area (Å²) in [6.45, 7) is 3.94. The first-order valence-electron chi connectivity index (χ1n) is 8.23. The average molecular weight is 339 g/mol. The first-order valence-corrected chi connectivity index (χ1v) is 8.23. The van der Waals surface area contributed by atoms with Gasteiger partial charge in [-0.1, -0.05) is 29.8 Å². The third-order valence-corrected chi connectivity index (χ3v) is 3.94. The van der Waals surface area contributed by atoms with E-state index in [9.17, 15) is 9.59 Å². The number of amides is 2. The molecule has 0 fully saturated rings. The third-order valence-electron chi connectivity index (χ3n) is 3.94. The average Bonchev–Trinajstić information content (AvgIpc) is 2.56. The Hall–Kier alpha value is -2.82. The molecule has 0 heterocycles. The number of aryl methyl sites for hydroxylation is 1. The minimum absolute atomic E-state index is 0.0264. The fraction of sp³-hybridized carbons (Fsp3) is 0.300. The zero-order valence-corrected chi connectivity index (χ0v) is 15.2. The van der Waals surface area contributed by atoms with Crippen molar-refractivity contribution in [3.8, 4) is 0 Å². The summed E-state index contributed by atoms with van der Waals surface area (Å²) in [7, 11) is 3.92. The molecule has 2 aromatic carbocycles. The van der Waals surface area contributed by atoms with Gasteiger partial charge in [0, 0.05) is 38.9 Å². The van der Waals surface area contributed by atoms with E-state index in [1.807, 2.05) is 74.4 Å². The first kappa shape index (κ1) is 18.5. The Balaban J connectivity index is 1.97. The van der Waals surface area contributed by atoms with Gasteiger partial charge in [0.1, 0.15) is 6.54 Å². The second kappa shape index (κ2) is 8.33. The van der Waals surface area contributed by atoms with Crippen molar-refractivity contribution in [3.63, 3.8) is 0 Å². The molecule has 0 aromatic heterocycles. The molecule has 0 aliphatic rings. The summed E-state index contributed by atoms with van der Waals surface area (Å²) in [4.78, 5) is 27.7. The van der Waals surface area contributed by atoms with Gasteiger partial charge in [0.2, 0.25) is 11.8 Å². The molecule has 2 aromatic rings. The van der Waals surface area contributed by atoms with Crippen LogP contribution in [0.1, 0.15) is 18.1 Å². The minimum Gasteiger partial charge on any atom is -0.378 e. The third kappa shape index (κ3) is 5.64. The summed E-state index contributed by atoms with van der Waals surface area (Å²) < 4.78 is 0. The molecule has 1 N–H and O–H groups in total. The molecule has 0 saturated carbocycles. The van der Waals surface area contributed by atoms with Crippen LogP contribution in [0.4, 0.5) is 11.4 Å². The van der Waals surface area contributed by atoms with Crippen molar-refractivity contribution < 1.29 is 9.59 Å². The van der Waals surface area contributed by atoms with Crippen molar-refractivity contribution in [2.24, 2.45) is 0 Å². The summed E-state index contributed by atoms with van der Waals surface area (Å²) in [6.07, 6.45) is 0. The Morgan fingerprint density at radius 3 is 2.08 bits per heavy atom. The summed E-state index contributed by atoms with van der Waals surface area (Å²) >= 11 is 0. The Morgan fingerprint density at radius 2 is 1.56 bits per heavy atom. The smallest absolute Gasteiger partial charge is 0.244 e. The lowest BCUT2D eigenvalue weighted by molar-refractivity contribution is -0.133. The SMILES string of the molecule is CC(=O)N(CC(=O)Nc1ccc(N(C)C)cc1)Cc1ccc(C)cc1. The van der Waals surface area contributed by atoms with Crippen LogP contribution in [0.5, 0.6) is 0 Å². The highest BCUT2D eigenvalue weighted by molar-refractivity contribution is 5.94. The molecular formula is C20H25N3O2. The van der Waals surface area contributed by atoms with Crippen LogP contribution >= 0.6 is 0 Å². The molecule has 0 spiro atoms. The molecule has 5 heteroatoms. The molecule has 2 rings (SSSR count). The fourth-order valence-electron chi connectivity index (χ4n) is 2.41. The van der Waals surface area contributed by atoms with E-state index in [1.54, 1.807) is 0 Å². The maximum Gasteiger partial charge on any atom is 0.244 e. The van der Waals surface area contributed by atoms with Crippen molar-refractivity contribution >= 4 is 23.2 Å². The van der Waals surface area contributed by atoms with Gasteiger partial charge in [-0.05, 0) is 36.8 Å². The van der Waals surface area contributed by atoms with E-state index < -0.39 is 0 Å². The number of benzene rings is 2. The number of anilines is 2. The Morgan fingerprint density at radius 1 is 0.960 bits per heavy atom. The first-order chi connectivity index (χ1) is 11.8. The second-order valence-corrected chi connectivity index (χ2v) is 6.35. The minimum atomic E-state index is -0.208. The predicted octanol–water partition coefficient (Wildman–Crippen LogP) is 3.05. The van der Waals surface area contributed by atoms with Gasteiger partial charge in [-0.25, -0.2) is 0 Å². The predicted molar refractivity (Wildman–Crippen MR) is 102 cm³/mol. The lowest BCUT2D eigenvalue weighted by Gasteiger charge is -2.21. The van der Waals surface area contributed by atoms with E-state index in [2.05, 4.69) is 5.32 Å². The van der Waals surface area contributed by atoms with E-state index in [0.717, 1.165) is 22.5 Å². The van der Waals surface area contributed by atoms with Crippen LogP contribution in [0.3, 0.4) is 0 Å². The van der Waals surface area contributed by atoms with Crippen LogP contribution in [0.2, 0.25) is 0 Å². The molecule has 0 bridgehead atoms. The normalized spacial score (nSPS) is 10.2. The van der Waals surface area contributed by atoms with Crippen LogP contribution in [-0.4, -0.2) is 37.4 Å². The molecule has 0 atom stereocenters. The van der Waals surface area contributed by atoms with Crippen molar-refractivity contribution in [2.45, 2.75) is 20.4 Å². The van der Waals surface area contributed by atoms with Crippen LogP contribution in [0.15, 0.2) is 48.5 Å². The zero-order valence-electron chi connectivity index (χ0n) is 15.2. The van der Waals surface area contributed by atoms with Crippen molar-refractivity contribution in [1.82, 2.24) is 4.90 Å². The second-order valence-electron chi connectivity index (χ2n) is 6.35. The quantitative estimate of drug-likeness (QED) is 0.880. The standard InChI is InChI=1S/C20H25N3O2/c1-15-5-7-17(8-6-15)13-23(16(2)24)14-20(25)21-18-9-11-19(12-10-18)22(3)4/h5-12H,13-14H2,1-4H3,(H,21,25). The summed E-state index contributed by atoms with van der Waals surface area (Å²) in [5, 5.41) is 2.84. The highest BCUT2D eigenvalue weighted by atomic mass is 16.2. The largest absolute Gasteiger partial charge is 0.378 e. The van der Waals surface area contributed by atoms with Crippen LogP contribution in [0.25, 0.3) is 0 Å². The Bertz CT molecular complexity index is 722. The molecular weight excluding hydrogens is 314 g/mol. The van der Waals surface area contributed by atoms with E-state index in [-0.39, 0.29) is 18.4 Å². The highest BCUT2D eigenvalue weighted by Gasteiger charge is 2.14. The maximum atomic E-state index is 12.3. The Kier molecular flexibility index (Phi) is 6.17. The number of rotatable bonds is 6. The molecule has 5 nitrogen and oxygen atoms in total. The number of hydrogen-bond donors (Lipinski definition) is 1. The van der Waals surface area contributed by atoms with E-state index in [1.165, 1.54) is 11.8 Å². The Labute approximate surface area is 149 Å². The summed E-state index contributed by atoms with van der Waals surface area (Å²) in [5.41, 5.74) is 3.94. The van der Waals surface area contributed by atoms with Gasteiger partial charge in [0.15, 0.2) is 0 Å². The van der Waals surface area contributed by atoms with Crippen molar-refractivity contribution in [1.29, 1.82) is 0 Å². The number of hydrogen-bond acceptors (Lipinski definition) is 3. The molecule has 25 heavy (non-hydrogen) atoms. The van der Waals surface area contributed by atoms with Gasteiger partial charge in [0.25, 0.3) is 0 Å². The summed E-state index contributed by atoms with van der Waals surface area (Å²) in [6, 6.07) is 15.5. The van der Waals surface area contributed by atoms with E-state index in [0.29, 0.717) is 6.54 Å². The lowest BCUT2D eigenvalue weighted by Crippen LogP contribution is -2.36. The summed E-state index contributed by atoms with van der Waals surface area (Å²) in [5.74, 6) is -0.335. The van der Waals surface area contributed by atoms with E-state index in [4.69, 9.17) is 0 Å². The fourth-order valence-corrected chi connectivity index (χ4v) is 2.41. The molecule has 0 radical (unpaired) electrons. The van der Waals surface area contributed by atoms with Gasteiger partial charge < -0.3 is 15.1 Å². The molecule has 2 amide bonds. The van der Waals surface area contributed by atoms with Crippen molar-refractivity contribution in [2.75, 3.05) is 30.9 Å². The topological polar surface area (TPSA) is 52.7 Å². The molecule has 0 aliphatic heterocycles. The van der Waals surface area contributed by atoms with Crippen molar-refractivity contribution in [3.05, 3.63) is 59.7 Å². The molecule has 0 aliphatic carbocycles. The molecule has 0 unspecified atom stereocenters. The molecule has 132 valence electrons. The van der Waals surface area contributed by atoms with Gasteiger partial charge in [0.05, 0.1) is 0 Å². The molecule has 0 saturated heterocycles. The monoisotopic (exact) mass is 339 g/mol. The van der Waals surface area contributed by atoms with Crippen LogP contribution in [0, 0.1) is 6.92 Å². The van der Waals surface area contributed by atoms with Gasteiger partial charge >= 0.3 is 0 Å². The number of carbonyl (C=O) groups excluding carboxylic acids is 2. The number of carbonyl (C=O) groups is 2. The number of nitrogens with one attached hydrogen (secondary N) is 1. The van der Waals surface area contributed by atoms with Crippen LogP contribution < -0.4 is 10.2 Å². The van der Waals surface area contributed by atoms with Crippen LogP contribution in [-0.2, 0) is 16.1 Å². The van der Waals surface area contributed by atoms with Gasteiger partial charge in [-0.3, -0.25) is 9.59 Å². The highest BCUT2D eigenvalue weighted by Crippen LogP contribution is 2.15.